The van der Waals surface area contributed by atoms with Crippen molar-refractivity contribution in [3.05, 3.63) is 29.1 Å². The Morgan fingerprint density at radius 2 is 2.19 bits per heavy atom. The molecule has 4 N–H and O–H groups in total. The van der Waals surface area contributed by atoms with E-state index in [-0.39, 0.29) is 12.0 Å². The third-order valence-corrected chi connectivity index (χ3v) is 2.35. The van der Waals surface area contributed by atoms with Crippen molar-refractivity contribution in [2.45, 2.75) is 25.8 Å². The number of hydrogen-bond donors (Lipinski definition) is 3. The van der Waals surface area contributed by atoms with Gasteiger partial charge in [-0.2, -0.15) is 0 Å². The van der Waals surface area contributed by atoms with E-state index >= 15 is 0 Å². The number of aryl methyl sites for hydroxylation is 1. The highest BCUT2D eigenvalue weighted by atomic mass is 19.1. The smallest absolute Gasteiger partial charge is 0.305 e. The van der Waals surface area contributed by atoms with Crippen LogP contribution in [0.5, 0.6) is 5.75 Å². The van der Waals surface area contributed by atoms with E-state index in [9.17, 15) is 14.3 Å². The number of phenols is 1. The topological polar surface area (TPSA) is 83.5 Å². The first kappa shape index (κ1) is 12.4. The van der Waals surface area contributed by atoms with E-state index in [4.69, 9.17) is 10.8 Å². The number of carboxylic acids is 1. The van der Waals surface area contributed by atoms with Crippen LogP contribution in [-0.4, -0.2) is 16.2 Å². The highest BCUT2D eigenvalue weighted by Gasteiger charge is 2.18. The van der Waals surface area contributed by atoms with Gasteiger partial charge in [0, 0.05) is 11.6 Å². The van der Waals surface area contributed by atoms with Crippen molar-refractivity contribution in [1.82, 2.24) is 0 Å². The zero-order valence-electron chi connectivity index (χ0n) is 8.90. The van der Waals surface area contributed by atoms with Gasteiger partial charge in [-0.3, -0.25) is 4.79 Å². The largest absolute Gasteiger partial charge is 0.505 e. The molecular formula is C11H14FNO3. The maximum absolute atomic E-state index is 13.3. The van der Waals surface area contributed by atoms with Gasteiger partial charge in [0.1, 0.15) is 0 Å². The van der Waals surface area contributed by atoms with E-state index < -0.39 is 23.6 Å². The lowest BCUT2D eigenvalue weighted by molar-refractivity contribution is -0.137. The van der Waals surface area contributed by atoms with Gasteiger partial charge in [0.15, 0.2) is 11.6 Å². The average molecular weight is 227 g/mol. The molecule has 0 aromatic heterocycles. The van der Waals surface area contributed by atoms with Gasteiger partial charge in [-0.25, -0.2) is 4.39 Å². The van der Waals surface area contributed by atoms with E-state index in [0.29, 0.717) is 12.0 Å². The molecule has 88 valence electrons. The number of halogens is 1. The second kappa shape index (κ2) is 4.94. The lowest BCUT2D eigenvalue weighted by Gasteiger charge is -2.13. The number of hydrogen-bond acceptors (Lipinski definition) is 3. The van der Waals surface area contributed by atoms with E-state index in [0.717, 1.165) is 0 Å². The Hall–Kier alpha value is -1.62. The number of carbonyl (C=O) groups is 1. The molecule has 0 aliphatic rings. The molecule has 5 heteroatoms. The second-order valence-corrected chi connectivity index (χ2v) is 3.57. The summed E-state index contributed by atoms with van der Waals surface area (Å²) in [5.41, 5.74) is 6.39. The molecule has 0 spiro atoms. The van der Waals surface area contributed by atoms with Crippen LogP contribution in [0.15, 0.2) is 12.1 Å². The molecule has 1 aromatic rings. The number of nitrogens with two attached hydrogens (primary N) is 1. The molecular weight excluding hydrogens is 213 g/mol. The summed E-state index contributed by atoms with van der Waals surface area (Å²) in [6.45, 7) is 1.83. The minimum atomic E-state index is -1.09. The Bertz CT molecular complexity index is 406. The summed E-state index contributed by atoms with van der Waals surface area (Å²) in [5, 5.41) is 18.0. The number of aliphatic carboxylic acids is 1. The average Bonchev–Trinajstić information content (AvgIpc) is 2.20. The van der Waals surface area contributed by atoms with E-state index in [1.54, 1.807) is 0 Å². The fraction of sp³-hybridized carbons (Fsp3) is 0.364. The molecule has 0 amide bonds. The van der Waals surface area contributed by atoms with Gasteiger partial charge in [-0.1, -0.05) is 13.0 Å². The molecule has 1 unspecified atom stereocenters. The summed E-state index contributed by atoms with van der Waals surface area (Å²) in [7, 11) is 0. The standard InChI is InChI=1S/C11H14FNO3/c1-2-6-3-7(9(13)5-10(14)15)11(16)8(12)4-6/h3-4,9,16H,2,5,13H2,1H3,(H,14,15). The van der Waals surface area contributed by atoms with Crippen LogP contribution in [0.3, 0.4) is 0 Å². The van der Waals surface area contributed by atoms with Crippen molar-refractivity contribution in [3.63, 3.8) is 0 Å². The quantitative estimate of drug-likeness (QED) is 0.729. The van der Waals surface area contributed by atoms with E-state index in [2.05, 4.69) is 0 Å². The number of aromatic hydroxyl groups is 1. The van der Waals surface area contributed by atoms with Crippen LogP contribution in [0.1, 0.15) is 30.5 Å². The molecule has 16 heavy (non-hydrogen) atoms. The minimum Gasteiger partial charge on any atom is -0.505 e. The highest BCUT2D eigenvalue weighted by molar-refractivity contribution is 5.68. The predicted octanol–water partition coefficient (Wildman–Crippen LogP) is 1.57. The number of benzene rings is 1. The highest BCUT2D eigenvalue weighted by Crippen LogP contribution is 2.29. The number of phenolic OH excluding ortho intramolecular Hbond substituents is 1. The van der Waals surface area contributed by atoms with Gasteiger partial charge in [-0.05, 0) is 18.1 Å². The Morgan fingerprint density at radius 3 is 2.69 bits per heavy atom. The Morgan fingerprint density at radius 1 is 1.56 bits per heavy atom. The van der Waals surface area contributed by atoms with Crippen LogP contribution in [0.25, 0.3) is 0 Å². The van der Waals surface area contributed by atoms with Crippen LogP contribution in [0, 0.1) is 5.82 Å². The molecule has 0 aliphatic heterocycles. The molecule has 1 aromatic carbocycles. The minimum absolute atomic E-state index is 0.138. The summed E-state index contributed by atoms with van der Waals surface area (Å²) in [4.78, 5) is 10.5. The first-order valence-electron chi connectivity index (χ1n) is 4.94. The molecule has 0 bridgehead atoms. The van der Waals surface area contributed by atoms with Crippen molar-refractivity contribution in [3.8, 4) is 5.75 Å². The van der Waals surface area contributed by atoms with Crippen molar-refractivity contribution >= 4 is 5.97 Å². The lowest BCUT2D eigenvalue weighted by Crippen LogP contribution is -2.15. The van der Waals surface area contributed by atoms with Gasteiger partial charge in [0.2, 0.25) is 0 Å². The second-order valence-electron chi connectivity index (χ2n) is 3.57. The molecule has 0 saturated carbocycles. The van der Waals surface area contributed by atoms with Gasteiger partial charge >= 0.3 is 5.97 Å². The first-order valence-corrected chi connectivity index (χ1v) is 4.94. The molecule has 0 radical (unpaired) electrons. The summed E-state index contributed by atoms with van der Waals surface area (Å²) >= 11 is 0. The van der Waals surface area contributed by atoms with Gasteiger partial charge in [0.25, 0.3) is 0 Å². The molecule has 1 atom stereocenters. The van der Waals surface area contributed by atoms with Crippen LogP contribution >= 0.6 is 0 Å². The van der Waals surface area contributed by atoms with Gasteiger partial charge in [-0.15, -0.1) is 0 Å². The Kier molecular flexibility index (Phi) is 3.84. The third kappa shape index (κ3) is 2.70. The van der Waals surface area contributed by atoms with E-state index in [1.807, 2.05) is 6.92 Å². The maximum Gasteiger partial charge on any atom is 0.305 e. The molecule has 0 heterocycles. The lowest BCUT2D eigenvalue weighted by atomic mass is 9.99. The third-order valence-electron chi connectivity index (χ3n) is 2.35. The fourth-order valence-corrected chi connectivity index (χ4v) is 1.46. The zero-order valence-corrected chi connectivity index (χ0v) is 8.90. The molecule has 4 nitrogen and oxygen atoms in total. The molecule has 0 aliphatic carbocycles. The summed E-state index contributed by atoms with van der Waals surface area (Å²) in [6, 6.07) is 1.84. The van der Waals surface area contributed by atoms with Crippen LogP contribution in [0.4, 0.5) is 4.39 Å². The van der Waals surface area contributed by atoms with Gasteiger partial charge in [0.05, 0.1) is 6.42 Å². The van der Waals surface area contributed by atoms with Gasteiger partial charge < -0.3 is 15.9 Å². The van der Waals surface area contributed by atoms with Crippen LogP contribution in [0.2, 0.25) is 0 Å². The van der Waals surface area contributed by atoms with Crippen molar-refractivity contribution in [2.24, 2.45) is 5.73 Å². The monoisotopic (exact) mass is 227 g/mol. The summed E-state index contributed by atoms with van der Waals surface area (Å²) in [6.07, 6.45) is 0.240. The van der Waals surface area contributed by atoms with Crippen molar-refractivity contribution in [2.75, 3.05) is 0 Å². The van der Waals surface area contributed by atoms with Crippen LogP contribution < -0.4 is 5.73 Å². The van der Waals surface area contributed by atoms with Crippen molar-refractivity contribution < 1.29 is 19.4 Å². The zero-order chi connectivity index (χ0) is 12.3. The van der Waals surface area contributed by atoms with Crippen LogP contribution in [-0.2, 0) is 11.2 Å². The van der Waals surface area contributed by atoms with E-state index in [1.165, 1.54) is 12.1 Å². The Balaban J connectivity index is 3.10. The predicted molar refractivity (Wildman–Crippen MR) is 56.6 cm³/mol. The fourth-order valence-electron chi connectivity index (χ4n) is 1.46. The number of carboxylic acid groups (broad SMARTS) is 1. The maximum atomic E-state index is 13.3. The van der Waals surface area contributed by atoms with Crippen molar-refractivity contribution in [1.29, 1.82) is 0 Å². The summed E-state index contributed by atoms with van der Waals surface area (Å²) in [5.74, 6) is -2.42. The normalized spacial score (nSPS) is 12.4. The SMILES string of the molecule is CCc1cc(F)c(O)c(C(N)CC(=O)O)c1. The Labute approximate surface area is 92.5 Å². The molecule has 1 rings (SSSR count). The molecule has 0 fully saturated rings. The summed E-state index contributed by atoms with van der Waals surface area (Å²) < 4.78 is 13.3. The first-order chi connectivity index (χ1) is 7.45. The number of rotatable bonds is 4. The molecule has 0 saturated heterocycles.